The molecule has 0 aromatic carbocycles. The third kappa shape index (κ3) is 2.27. The van der Waals surface area contributed by atoms with Crippen LogP contribution in [0.5, 0.6) is 0 Å². The van der Waals surface area contributed by atoms with Gasteiger partial charge in [0.15, 0.2) is 5.82 Å². The number of nitrogen functional groups attached to an aromatic ring is 1. The van der Waals surface area contributed by atoms with Crippen LogP contribution < -0.4 is 10.6 Å². The first-order valence-electron chi connectivity index (χ1n) is 6.29. The monoisotopic (exact) mass is 249 g/mol. The summed E-state index contributed by atoms with van der Waals surface area (Å²) in [6.45, 7) is 4.31. The van der Waals surface area contributed by atoms with Gasteiger partial charge in [0.1, 0.15) is 17.5 Å². The van der Waals surface area contributed by atoms with E-state index in [9.17, 15) is 5.26 Å². The van der Waals surface area contributed by atoms with Gasteiger partial charge in [-0.25, -0.2) is 4.68 Å². The number of nitrogens with zero attached hydrogens (tertiary/aromatic N) is 4. The highest BCUT2D eigenvalue weighted by Crippen LogP contribution is 2.28. The van der Waals surface area contributed by atoms with Crippen LogP contribution in [-0.4, -0.2) is 34.6 Å². The summed E-state index contributed by atoms with van der Waals surface area (Å²) in [5.41, 5.74) is 6.31. The molecule has 0 spiro atoms. The molecule has 1 atom stereocenters. The molecule has 1 aromatic heterocycles. The van der Waals surface area contributed by atoms with Crippen molar-refractivity contribution in [3.05, 3.63) is 5.56 Å². The van der Waals surface area contributed by atoms with Crippen molar-refractivity contribution in [1.29, 1.82) is 5.26 Å². The molecule has 0 bridgehead atoms. The van der Waals surface area contributed by atoms with E-state index in [1.165, 1.54) is 11.1 Å². The van der Waals surface area contributed by atoms with Crippen LogP contribution >= 0.6 is 0 Å². The first-order valence-corrected chi connectivity index (χ1v) is 6.29. The Morgan fingerprint density at radius 2 is 2.39 bits per heavy atom. The highest BCUT2D eigenvalue weighted by Gasteiger charge is 2.24. The topological polar surface area (TPSA) is 91.1 Å². The highest BCUT2D eigenvalue weighted by molar-refractivity contribution is 5.65. The summed E-state index contributed by atoms with van der Waals surface area (Å²) in [7, 11) is 0. The third-order valence-electron chi connectivity index (χ3n) is 3.35. The SMILES string of the molecule is CC1CCCN(c2nn(CCO)c(N)c2C#N)C1. The van der Waals surface area contributed by atoms with Gasteiger partial charge in [0, 0.05) is 13.1 Å². The van der Waals surface area contributed by atoms with Gasteiger partial charge in [0.05, 0.1) is 13.2 Å². The number of nitriles is 1. The molecule has 0 amide bonds. The van der Waals surface area contributed by atoms with Gasteiger partial charge in [-0.3, -0.25) is 0 Å². The number of hydrogen-bond acceptors (Lipinski definition) is 5. The maximum absolute atomic E-state index is 9.20. The third-order valence-corrected chi connectivity index (χ3v) is 3.35. The lowest BCUT2D eigenvalue weighted by Gasteiger charge is -2.31. The molecule has 3 N–H and O–H groups in total. The van der Waals surface area contributed by atoms with Gasteiger partial charge in [-0.2, -0.15) is 10.4 Å². The van der Waals surface area contributed by atoms with Gasteiger partial charge in [-0.1, -0.05) is 6.92 Å². The Balaban J connectivity index is 2.31. The van der Waals surface area contributed by atoms with Crippen molar-refractivity contribution in [2.24, 2.45) is 5.92 Å². The van der Waals surface area contributed by atoms with E-state index in [1.54, 1.807) is 0 Å². The van der Waals surface area contributed by atoms with E-state index in [1.807, 2.05) is 0 Å². The highest BCUT2D eigenvalue weighted by atomic mass is 16.3. The minimum atomic E-state index is -0.0351. The Bertz CT molecular complexity index is 462. The molecule has 98 valence electrons. The van der Waals surface area contributed by atoms with Crippen LogP contribution in [0, 0.1) is 17.2 Å². The Morgan fingerprint density at radius 3 is 3.00 bits per heavy atom. The first kappa shape index (κ1) is 12.7. The molecule has 6 heteroatoms. The number of anilines is 2. The lowest BCUT2D eigenvalue weighted by Crippen LogP contribution is -2.35. The van der Waals surface area contributed by atoms with E-state index < -0.39 is 0 Å². The van der Waals surface area contributed by atoms with E-state index >= 15 is 0 Å². The molecule has 2 heterocycles. The fraction of sp³-hybridized carbons (Fsp3) is 0.667. The van der Waals surface area contributed by atoms with Crippen molar-refractivity contribution in [3.8, 4) is 6.07 Å². The largest absolute Gasteiger partial charge is 0.394 e. The van der Waals surface area contributed by atoms with Crippen molar-refractivity contribution >= 4 is 11.6 Å². The zero-order valence-electron chi connectivity index (χ0n) is 10.6. The fourth-order valence-electron chi connectivity index (χ4n) is 2.44. The zero-order chi connectivity index (χ0) is 13.1. The van der Waals surface area contributed by atoms with Crippen molar-refractivity contribution in [2.45, 2.75) is 26.3 Å². The van der Waals surface area contributed by atoms with Gasteiger partial charge in [0.2, 0.25) is 0 Å². The quantitative estimate of drug-likeness (QED) is 0.817. The van der Waals surface area contributed by atoms with Crippen molar-refractivity contribution in [3.63, 3.8) is 0 Å². The molecular weight excluding hydrogens is 230 g/mol. The summed E-state index contributed by atoms with van der Waals surface area (Å²) in [5.74, 6) is 1.62. The Morgan fingerprint density at radius 1 is 1.61 bits per heavy atom. The summed E-state index contributed by atoms with van der Waals surface area (Å²) in [6.07, 6.45) is 2.32. The number of aliphatic hydroxyl groups excluding tert-OH is 1. The van der Waals surface area contributed by atoms with Crippen LogP contribution in [-0.2, 0) is 6.54 Å². The van der Waals surface area contributed by atoms with Gasteiger partial charge in [-0.05, 0) is 18.8 Å². The molecule has 0 saturated carbocycles. The number of piperidine rings is 1. The molecular formula is C12H19N5O. The van der Waals surface area contributed by atoms with Gasteiger partial charge >= 0.3 is 0 Å². The Kier molecular flexibility index (Phi) is 3.72. The van der Waals surface area contributed by atoms with E-state index in [2.05, 4.69) is 23.0 Å². The second-order valence-corrected chi connectivity index (χ2v) is 4.84. The Hall–Kier alpha value is -1.74. The molecule has 0 radical (unpaired) electrons. The number of nitrogens with two attached hydrogens (primary N) is 1. The van der Waals surface area contributed by atoms with Crippen molar-refractivity contribution in [2.75, 3.05) is 30.3 Å². The summed E-state index contributed by atoms with van der Waals surface area (Å²) in [5, 5.41) is 22.5. The predicted octanol–water partition coefficient (Wildman–Crippen LogP) is 0.566. The van der Waals surface area contributed by atoms with E-state index in [4.69, 9.17) is 10.8 Å². The summed E-state index contributed by atoms with van der Waals surface area (Å²) < 4.78 is 1.51. The van der Waals surface area contributed by atoms with E-state index in [0.29, 0.717) is 29.7 Å². The lowest BCUT2D eigenvalue weighted by atomic mass is 10.0. The molecule has 1 unspecified atom stereocenters. The fourth-order valence-corrected chi connectivity index (χ4v) is 2.44. The normalized spacial score (nSPS) is 19.8. The summed E-state index contributed by atoms with van der Waals surface area (Å²) in [6, 6.07) is 2.12. The maximum Gasteiger partial charge on any atom is 0.170 e. The smallest absolute Gasteiger partial charge is 0.170 e. The average molecular weight is 249 g/mol. The number of rotatable bonds is 3. The molecule has 1 fully saturated rings. The number of aromatic nitrogens is 2. The van der Waals surface area contributed by atoms with Crippen molar-refractivity contribution in [1.82, 2.24) is 9.78 Å². The van der Waals surface area contributed by atoms with Crippen LogP contribution in [0.1, 0.15) is 25.3 Å². The van der Waals surface area contributed by atoms with Crippen LogP contribution in [0.25, 0.3) is 0 Å². The lowest BCUT2D eigenvalue weighted by molar-refractivity contribution is 0.270. The summed E-state index contributed by atoms with van der Waals surface area (Å²) in [4.78, 5) is 2.12. The second-order valence-electron chi connectivity index (χ2n) is 4.84. The molecule has 1 aromatic rings. The molecule has 1 aliphatic rings. The van der Waals surface area contributed by atoms with Crippen LogP contribution in [0.2, 0.25) is 0 Å². The second kappa shape index (κ2) is 5.27. The van der Waals surface area contributed by atoms with Gasteiger partial charge in [-0.15, -0.1) is 0 Å². The Labute approximate surface area is 107 Å². The number of aliphatic hydroxyl groups is 1. The minimum Gasteiger partial charge on any atom is -0.394 e. The standard InChI is InChI=1S/C12H19N5O/c1-9-3-2-4-16(8-9)12-10(7-13)11(14)17(15-12)5-6-18/h9,18H,2-6,8,14H2,1H3. The van der Waals surface area contributed by atoms with Crippen molar-refractivity contribution < 1.29 is 5.11 Å². The number of hydrogen-bond donors (Lipinski definition) is 2. The molecule has 1 saturated heterocycles. The predicted molar refractivity (Wildman–Crippen MR) is 69.1 cm³/mol. The minimum absolute atomic E-state index is 0.0351. The van der Waals surface area contributed by atoms with E-state index in [0.717, 1.165) is 19.5 Å². The molecule has 0 aliphatic carbocycles. The van der Waals surface area contributed by atoms with Gasteiger partial charge in [0.25, 0.3) is 0 Å². The summed E-state index contributed by atoms with van der Waals surface area (Å²) >= 11 is 0. The average Bonchev–Trinajstić information content (AvgIpc) is 2.67. The van der Waals surface area contributed by atoms with Crippen LogP contribution in [0.4, 0.5) is 11.6 Å². The van der Waals surface area contributed by atoms with Gasteiger partial charge < -0.3 is 15.7 Å². The molecule has 6 nitrogen and oxygen atoms in total. The van der Waals surface area contributed by atoms with Crippen LogP contribution in [0.3, 0.4) is 0 Å². The maximum atomic E-state index is 9.20. The molecule has 1 aliphatic heterocycles. The van der Waals surface area contributed by atoms with Crippen LogP contribution in [0.15, 0.2) is 0 Å². The first-order chi connectivity index (χ1) is 8.67. The zero-order valence-corrected chi connectivity index (χ0v) is 10.6. The molecule has 2 rings (SSSR count). The van der Waals surface area contributed by atoms with E-state index in [-0.39, 0.29) is 6.61 Å². The molecule has 18 heavy (non-hydrogen) atoms.